The molecule has 0 bridgehead atoms. The fourth-order valence-corrected chi connectivity index (χ4v) is 4.39. The van der Waals surface area contributed by atoms with Gasteiger partial charge in [-0.25, -0.2) is 4.79 Å². The molecule has 6 nitrogen and oxygen atoms in total. The van der Waals surface area contributed by atoms with Crippen molar-refractivity contribution < 1.29 is 19.2 Å². The number of H-pyrrole nitrogens is 1. The number of likely N-dealkylation sites (tertiary alicyclic amines) is 1. The van der Waals surface area contributed by atoms with E-state index in [-0.39, 0.29) is 11.6 Å². The number of amides is 1. The number of piperidine rings is 1. The van der Waals surface area contributed by atoms with E-state index < -0.39 is 5.97 Å². The molecule has 7 heteroatoms. The third kappa shape index (κ3) is 4.10. The smallest absolute Gasteiger partial charge is 0.356 e. The molecule has 1 aromatic heterocycles. The molecule has 1 fully saturated rings. The zero-order valence-corrected chi connectivity index (χ0v) is 16.9. The predicted octanol–water partition coefficient (Wildman–Crippen LogP) is 2.22. The Morgan fingerprint density at radius 1 is 1.31 bits per heavy atom. The van der Waals surface area contributed by atoms with Gasteiger partial charge in [0.1, 0.15) is 5.69 Å². The molecule has 1 aliphatic rings. The molecule has 0 unspecified atom stereocenters. The number of anilines is 1. The van der Waals surface area contributed by atoms with Crippen LogP contribution in [0.15, 0.2) is 22.7 Å². The highest BCUT2D eigenvalue weighted by Gasteiger charge is 2.28. The maximum absolute atomic E-state index is 12.7. The van der Waals surface area contributed by atoms with Gasteiger partial charge in [0.25, 0.3) is 5.91 Å². The molecule has 1 saturated heterocycles. The van der Waals surface area contributed by atoms with Crippen molar-refractivity contribution in [3.05, 3.63) is 28.4 Å². The summed E-state index contributed by atoms with van der Waals surface area (Å²) in [6, 6.07) is 5.62. The monoisotopic (exact) mass is 422 g/mol. The molecule has 3 N–H and O–H groups in total. The van der Waals surface area contributed by atoms with E-state index in [4.69, 9.17) is 4.74 Å². The van der Waals surface area contributed by atoms with E-state index in [1.54, 1.807) is 0 Å². The maximum atomic E-state index is 12.7. The Labute approximate surface area is 161 Å². The summed E-state index contributed by atoms with van der Waals surface area (Å²) in [5.41, 5.74) is 1.52. The number of methoxy groups -OCH3 is 1. The number of ether oxygens (including phenoxy) is 1. The van der Waals surface area contributed by atoms with Crippen molar-refractivity contribution in [1.82, 2.24) is 4.98 Å². The first-order chi connectivity index (χ1) is 12.4. The number of aromatic amines is 1. The van der Waals surface area contributed by atoms with Crippen molar-refractivity contribution in [2.24, 2.45) is 11.8 Å². The van der Waals surface area contributed by atoms with Crippen LogP contribution in [-0.2, 0) is 9.53 Å². The summed E-state index contributed by atoms with van der Waals surface area (Å²) in [5, 5.41) is 3.72. The number of esters is 1. The second-order valence-electron chi connectivity index (χ2n) is 7.39. The number of hydrogen-bond donors (Lipinski definition) is 3. The fourth-order valence-electron chi connectivity index (χ4n) is 4.03. The number of hydrogen-bond acceptors (Lipinski definition) is 3. The van der Waals surface area contributed by atoms with Crippen molar-refractivity contribution in [3.8, 4) is 0 Å². The normalized spacial score (nSPS) is 23.0. The van der Waals surface area contributed by atoms with Crippen LogP contribution in [0.25, 0.3) is 10.9 Å². The van der Waals surface area contributed by atoms with Gasteiger partial charge in [-0.15, -0.1) is 0 Å². The number of nitrogens with one attached hydrogen (secondary N) is 3. The Balaban J connectivity index is 1.83. The van der Waals surface area contributed by atoms with E-state index in [0.29, 0.717) is 24.1 Å². The largest absolute Gasteiger partial charge is 0.464 e. The molecule has 1 aromatic carbocycles. The number of carbonyl (C=O) groups excluding carboxylic acids is 2. The summed E-state index contributed by atoms with van der Waals surface area (Å²) in [6.07, 6.45) is 1.22. The van der Waals surface area contributed by atoms with Crippen LogP contribution >= 0.6 is 15.9 Å². The summed E-state index contributed by atoms with van der Waals surface area (Å²) < 4.78 is 5.73. The van der Waals surface area contributed by atoms with Crippen LogP contribution in [0.2, 0.25) is 0 Å². The van der Waals surface area contributed by atoms with Crippen LogP contribution in [0.1, 0.15) is 30.8 Å². The lowest BCUT2D eigenvalue weighted by Gasteiger charge is -2.31. The third-order valence-corrected chi connectivity index (χ3v) is 5.40. The van der Waals surface area contributed by atoms with Gasteiger partial charge in [0, 0.05) is 27.2 Å². The van der Waals surface area contributed by atoms with Gasteiger partial charge in [-0.2, -0.15) is 0 Å². The second-order valence-corrected chi connectivity index (χ2v) is 8.30. The van der Waals surface area contributed by atoms with Crippen molar-refractivity contribution >= 4 is 44.4 Å². The van der Waals surface area contributed by atoms with Crippen LogP contribution < -0.4 is 10.2 Å². The van der Waals surface area contributed by atoms with Gasteiger partial charge < -0.3 is 19.9 Å². The molecule has 2 heterocycles. The van der Waals surface area contributed by atoms with Gasteiger partial charge in [-0.1, -0.05) is 29.8 Å². The second kappa shape index (κ2) is 7.80. The van der Waals surface area contributed by atoms with Crippen LogP contribution in [-0.4, -0.2) is 43.6 Å². The highest BCUT2D eigenvalue weighted by atomic mass is 79.9. The Hall–Kier alpha value is -1.86. The van der Waals surface area contributed by atoms with Gasteiger partial charge in [0.2, 0.25) is 0 Å². The Kier molecular flexibility index (Phi) is 5.67. The number of rotatable bonds is 4. The molecule has 0 saturated carbocycles. The lowest BCUT2D eigenvalue weighted by molar-refractivity contribution is -0.904. The molecule has 1 aliphatic heterocycles. The summed E-state index contributed by atoms with van der Waals surface area (Å²) in [4.78, 5) is 29.1. The van der Waals surface area contributed by atoms with Gasteiger partial charge in [-0.3, -0.25) is 4.79 Å². The molecule has 3 rings (SSSR count). The first-order valence-electron chi connectivity index (χ1n) is 8.90. The fraction of sp³-hybridized carbons (Fsp3) is 0.474. The number of carbonyl (C=O) groups is 2. The average molecular weight is 423 g/mol. The molecule has 26 heavy (non-hydrogen) atoms. The Bertz CT molecular complexity index is 823. The molecule has 0 aliphatic carbocycles. The highest BCUT2D eigenvalue weighted by molar-refractivity contribution is 9.10. The number of quaternary nitrogens is 1. The lowest BCUT2D eigenvalue weighted by atomic mass is 9.92. The molecule has 2 aromatic rings. The molecule has 1 amide bonds. The van der Waals surface area contributed by atoms with E-state index in [2.05, 4.69) is 40.1 Å². The Morgan fingerprint density at radius 2 is 2.00 bits per heavy atom. The first-order valence-corrected chi connectivity index (χ1v) is 9.69. The molecule has 2 atom stereocenters. The van der Waals surface area contributed by atoms with Gasteiger partial charge in [0.15, 0.2) is 6.54 Å². The first kappa shape index (κ1) is 18.9. The zero-order valence-electron chi connectivity index (χ0n) is 15.3. The van der Waals surface area contributed by atoms with E-state index in [1.807, 2.05) is 18.2 Å². The minimum absolute atomic E-state index is 0.0904. The number of fused-ring (bicyclic) bond motifs is 1. The highest BCUT2D eigenvalue weighted by Crippen LogP contribution is 2.30. The molecule has 0 spiro atoms. The standard InChI is InChI=1S/C19H24BrN3O3/c1-11-6-12(2)9-23(8-11)10-16(24)22-17-14-7-13(20)4-5-15(14)21-18(17)19(25)26-3/h4-5,7,11-12,21H,6,8-10H2,1-3H3,(H,22,24)/p+1/t11-,12-/m1/s1. The van der Waals surface area contributed by atoms with Crippen molar-refractivity contribution in [2.75, 3.05) is 32.1 Å². The van der Waals surface area contributed by atoms with Crippen molar-refractivity contribution in [3.63, 3.8) is 0 Å². The number of benzene rings is 1. The van der Waals surface area contributed by atoms with Gasteiger partial charge in [0.05, 0.1) is 25.9 Å². The van der Waals surface area contributed by atoms with Crippen LogP contribution in [0.4, 0.5) is 5.69 Å². The van der Waals surface area contributed by atoms with E-state index >= 15 is 0 Å². The summed E-state index contributed by atoms with van der Waals surface area (Å²) >= 11 is 3.44. The predicted molar refractivity (Wildman–Crippen MR) is 104 cm³/mol. The third-order valence-electron chi connectivity index (χ3n) is 4.90. The topological polar surface area (TPSA) is 75.6 Å². The quantitative estimate of drug-likeness (QED) is 0.661. The summed E-state index contributed by atoms with van der Waals surface area (Å²) in [5.74, 6) is 0.653. The van der Waals surface area contributed by atoms with E-state index in [0.717, 1.165) is 28.5 Å². The number of aromatic nitrogens is 1. The minimum atomic E-state index is -0.500. The summed E-state index contributed by atoms with van der Waals surface area (Å²) in [7, 11) is 1.33. The van der Waals surface area contributed by atoms with Crippen LogP contribution in [0.3, 0.4) is 0 Å². The van der Waals surface area contributed by atoms with Gasteiger partial charge in [-0.05, 0) is 24.6 Å². The maximum Gasteiger partial charge on any atom is 0.356 e. The Morgan fingerprint density at radius 3 is 2.65 bits per heavy atom. The molecule has 0 radical (unpaired) electrons. The summed E-state index contributed by atoms with van der Waals surface area (Å²) in [6.45, 7) is 6.87. The molecular formula is C19H25BrN3O3+. The average Bonchev–Trinajstić information content (AvgIpc) is 2.91. The van der Waals surface area contributed by atoms with Crippen LogP contribution in [0, 0.1) is 11.8 Å². The van der Waals surface area contributed by atoms with Crippen molar-refractivity contribution in [2.45, 2.75) is 20.3 Å². The number of halogens is 1. The molecule has 140 valence electrons. The molecular weight excluding hydrogens is 398 g/mol. The lowest BCUT2D eigenvalue weighted by Crippen LogP contribution is -3.15. The minimum Gasteiger partial charge on any atom is -0.464 e. The van der Waals surface area contributed by atoms with Crippen LogP contribution in [0.5, 0.6) is 0 Å². The van der Waals surface area contributed by atoms with E-state index in [9.17, 15) is 9.59 Å². The van der Waals surface area contributed by atoms with Crippen molar-refractivity contribution in [1.29, 1.82) is 0 Å². The van der Waals surface area contributed by atoms with Gasteiger partial charge >= 0.3 is 5.97 Å². The zero-order chi connectivity index (χ0) is 18.8. The van der Waals surface area contributed by atoms with E-state index in [1.165, 1.54) is 18.4 Å². The SMILES string of the molecule is COC(=O)c1[nH]c2ccc(Br)cc2c1NC(=O)C[NH+]1C[C@H](C)C[C@@H](C)C1.